The van der Waals surface area contributed by atoms with Gasteiger partial charge in [-0.3, -0.25) is 19.3 Å². The van der Waals surface area contributed by atoms with Crippen molar-refractivity contribution in [3.63, 3.8) is 0 Å². The fraction of sp³-hybridized carbons (Fsp3) is 0.250. The number of carbonyl (C=O) groups excluding carboxylic acids is 3. The van der Waals surface area contributed by atoms with Crippen molar-refractivity contribution in [3.8, 4) is 5.75 Å². The molecule has 3 aromatic carbocycles. The van der Waals surface area contributed by atoms with Gasteiger partial charge in [0, 0.05) is 11.3 Å². The lowest BCUT2D eigenvalue weighted by Gasteiger charge is -2.14. The van der Waals surface area contributed by atoms with Crippen LogP contribution in [0.2, 0.25) is 0 Å². The van der Waals surface area contributed by atoms with Crippen molar-refractivity contribution in [2.24, 2.45) is 0 Å². The van der Waals surface area contributed by atoms with Crippen LogP contribution in [0.25, 0.3) is 16.8 Å². The van der Waals surface area contributed by atoms with Crippen LogP contribution in [0.3, 0.4) is 0 Å². The molecular formula is C28H28N2O4S. The van der Waals surface area contributed by atoms with Crippen LogP contribution < -0.4 is 10.1 Å². The number of aryl methyl sites for hydroxylation is 2. The number of thioether (sulfide) groups is 1. The van der Waals surface area contributed by atoms with E-state index in [1.165, 1.54) is 0 Å². The molecule has 0 bridgehead atoms. The number of anilines is 1. The van der Waals surface area contributed by atoms with Gasteiger partial charge in [-0.05, 0) is 78.2 Å². The third kappa shape index (κ3) is 5.57. The molecule has 35 heavy (non-hydrogen) atoms. The quantitative estimate of drug-likeness (QED) is 0.297. The van der Waals surface area contributed by atoms with Gasteiger partial charge in [0.15, 0.2) is 0 Å². The number of rotatable bonds is 8. The summed E-state index contributed by atoms with van der Waals surface area (Å²) in [5.41, 5.74) is 3.55. The topological polar surface area (TPSA) is 75.7 Å². The number of amides is 3. The summed E-state index contributed by atoms with van der Waals surface area (Å²) in [4.78, 5) is 39.6. The Morgan fingerprint density at radius 1 is 1.06 bits per heavy atom. The second-order valence-electron chi connectivity index (χ2n) is 8.52. The average Bonchev–Trinajstić information content (AvgIpc) is 3.10. The molecule has 0 spiro atoms. The highest BCUT2D eigenvalue weighted by Gasteiger charge is 2.36. The van der Waals surface area contributed by atoms with Gasteiger partial charge in [0.2, 0.25) is 5.91 Å². The van der Waals surface area contributed by atoms with Crippen molar-refractivity contribution in [1.29, 1.82) is 0 Å². The van der Waals surface area contributed by atoms with E-state index in [4.69, 9.17) is 4.74 Å². The summed E-state index contributed by atoms with van der Waals surface area (Å²) in [6.45, 7) is 6.26. The fourth-order valence-electron chi connectivity index (χ4n) is 3.81. The predicted molar refractivity (Wildman–Crippen MR) is 142 cm³/mol. The van der Waals surface area contributed by atoms with Gasteiger partial charge in [-0.2, -0.15) is 0 Å². The molecule has 0 atom stereocenters. The molecule has 1 N–H and O–H groups in total. The van der Waals surface area contributed by atoms with Gasteiger partial charge in [-0.1, -0.05) is 49.7 Å². The zero-order valence-electron chi connectivity index (χ0n) is 20.1. The lowest BCUT2D eigenvalue weighted by molar-refractivity contribution is -0.127. The smallest absolute Gasteiger partial charge is 0.294 e. The van der Waals surface area contributed by atoms with Gasteiger partial charge in [-0.25, -0.2) is 0 Å². The molecule has 4 rings (SSSR count). The Labute approximate surface area is 209 Å². The van der Waals surface area contributed by atoms with E-state index in [2.05, 4.69) is 12.2 Å². The molecule has 0 unspecified atom stereocenters. The average molecular weight is 489 g/mol. The Hall–Kier alpha value is -3.58. The highest BCUT2D eigenvalue weighted by atomic mass is 32.2. The monoisotopic (exact) mass is 488 g/mol. The molecule has 1 aliphatic heterocycles. The number of imide groups is 1. The largest absolute Gasteiger partial charge is 0.493 e. The van der Waals surface area contributed by atoms with Crippen LogP contribution in [0, 0.1) is 13.8 Å². The highest BCUT2D eigenvalue weighted by Crippen LogP contribution is 2.37. The summed E-state index contributed by atoms with van der Waals surface area (Å²) in [5.74, 6) is -0.246. The van der Waals surface area contributed by atoms with Gasteiger partial charge >= 0.3 is 0 Å². The molecule has 3 aromatic rings. The summed E-state index contributed by atoms with van der Waals surface area (Å²) >= 11 is 0.838. The van der Waals surface area contributed by atoms with Gasteiger partial charge in [0.05, 0.1) is 11.5 Å². The molecule has 1 saturated heterocycles. The number of fused-ring (bicyclic) bond motifs is 1. The number of unbranched alkanes of at least 4 members (excludes halogenated alkanes) is 1. The zero-order chi connectivity index (χ0) is 24.9. The molecule has 1 fully saturated rings. The molecule has 6 nitrogen and oxygen atoms in total. The van der Waals surface area contributed by atoms with Crippen LogP contribution in [0.1, 0.15) is 36.5 Å². The molecule has 7 heteroatoms. The molecule has 3 amide bonds. The minimum absolute atomic E-state index is 0.269. The van der Waals surface area contributed by atoms with E-state index in [1.54, 1.807) is 12.1 Å². The zero-order valence-corrected chi connectivity index (χ0v) is 20.9. The standard InChI is InChI=1S/C28H28N2O4S/c1-4-5-14-34-24-13-11-20-8-6-7-9-22(20)23(24)16-25-27(32)30(28(33)35-25)17-26(31)29-21-12-10-18(2)19(3)15-21/h6-13,15-16H,4-5,14,17H2,1-3H3,(H,29,31)/b25-16-. The van der Waals surface area contributed by atoms with Crippen molar-refractivity contribution >= 4 is 51.4 Å². The van der Waals surface area contributed by atoms with E-state index in [0.717, 1.165) is 57.0 Å². The van der Waals surface area contributed by atoms with E-state index >= 15 is 0 Å². The molecule has 0 radical (unpaired) electrons. The highest BCUT2D eigenvalue weighted by molar-refractivity contribution is 8.18. The van der Waals surface area contributed by atoms with Gasteiger partial charge in [0.25, 0.3) is 11.1 Å². The van der Waals surface area contributed by atoms with E-state index in [9.17, 15) is 14.4 Å². The van der Waals surface area contributed by atoms with Crippen LogP contribution in [-0.2, 0) is 9.59 Å². The van der Waals surface area contributed by atoms with E-state index in [0.29, 0.717) is 18.0 Å². The van der Waals surface area contributed by atoms with Crippen LogP contribution in [0.5, 0.6) is 5.75 Å². The van der Waals surface area contributed by atoms with Gasteiger partial charge in [-0.15, -0.1) is 0 Å². The number of ether oxygens (including phenoxy) is 1. The van der Waals surface area contributed by atoms with Crippen LogP contribution >= 0.6 is 11.8 Å². The molecule has 0 saturated carbocycles. The second kappa shape index (κ2) is 10.8. The SMILES string of the molecule is CCCCOc1ccc2ccccc2c1/C=C1\SC(=O)N(CC(=O)Nc2ccc(C)c(C)c2)C1=O. The Balaban J connectivity index is 1.57. The maximum atomic E-state index is 13.1. The maximum absolute atomic E-state index is 13.1. The first-order valence-electron chi connectivity index (χ1n) is 11.6. The van der Waals surface area contributed by atoms with Crippen molar-refractivity contribution in [2.75, 3.05) is 18.5 Å². The first-order chi connectivity index (χ1) is 16.9. The maximum Gasteiger partial charge on any atom is 0.294 e. The van der Waals surface area contributed by atoms with E-state index in [-0.39, 0.29) is 11.4 Å². The van der Waals surface area contributed by atoms with Gasteiger partial charge < -0.3 is 10.1 Å². The van der Waals surface area contributed by atoms with Crippen LogP contribution in [0.15, 0.2) is 59.5 Å². The van der Waals surface area contributed by atoms with Crippen LogP contribution in [0.4, 0.5) is 10.5 Å². The molecule has 1 heterocycles. The van der Waals surface area contributed by atoms with Crippen LogP contribution in [-0.4, -0.2) is 35.1 Å². The Morgan fingerprint density at radius 2 is 1.86 bits per heavy atom. The number of nitrogens with zero attached hydrogens (tertiary/aromatic N) is 1. The first-order valence-corrected chi connectivity index (χ1v) is 12.5. The normalized spacial score (nSPS) is 14.7. The molecule has 180 valence electrons. The number of hydrogen-bond acceptors (Lipinski definition) is 5. The summed E-state index contributed by atoms with van der Waals surface area (Å²) < 4.78 is 6.01. The minimum atomic E-state index is -0.484. The summed E-state index contributed by atoms with van der Waals surface area (Å²) in [7, 11) is 0. The molecule has 0 aliphatic carbocycles. The fourth-order valence-corrected chi connectivity index (χ4v) is 4.63. The Kier molecular flexibility index (Phi) is 7.56. The second-order valence-corrected chi connectivity index (χ2v) is 9.51. The summed E-state index contributed by atoms with van der Waals surface area (Å²) in [6.07, 6.45) is 3.63. The van der Waals surface area contributed by atoms with Gasteiger partial charge in [0.1, 0.15) is 12.3 Å². The predicted octanol–water partition coefficient (Wildman–Crippen LogP) is 6.31. The third-order valence-corrected chi connectivity index (χ3v) is 6.83. The van der Waals surface area contributed by atoms with E-state index < -0.39 is 17.1 Å². The third-order valence-electron chi connectivity index (χ3n) is 5.93. The Morgan fingerprint density at radius 3 is 2.63 bits per heavy atom. The van der Waals surface area contributed by atoms with Crippen molar-refractivity contribution in [1.82, 2.24) is 4.90 Å². The first kappa shape index (κ1) is 24.5. The van der Waals surface area contributed by atoms with E-state index in [1.807, 2.05) is 62.4 Å². The molecule has 1 aliphatic rings. The van der Waals surface area contributed by atoms with Crippen molar-refractivity contribution in [2.45, 2.75) is 33.6 Å². The number of hydrogen-bond donors (Lipinski definition) is 1. The Bertz CT molecular complexity index is 1330. The summed E-state index contributed by atoms with van der Waals surface area (Å²) in [5, 5.41) is 4.24. The molecule has 0 aromatic heterocycles. The lowest BCUT2D eigenvalue weighted by atomic mass is 10.0. The van der Waals surface area contributed by atoms with Crippen molar-refractivity contribution in [3.05, 3.63) is 76.2 Å². The number of benzene rings is 3. The minimum Gasteiger partial charge on any atom is -0.493 e. The van der Waals surface area contributed by atoms with Crippen molar-refractivity contribution < 1.29 is 19.1 Å². The summed E-state index contributed by atoms with van der Waals surface area (Å²) in [6, 6.07) is 17.3. The number of carbonyl (C=O) groups is 3. The number of nitrogens with one attached hydrogen (secondary N) is 1. The molecular weight excluding hydrogens is 460 g/mol. The lowest BCUT2D eigenvalue weighted by Crippen LogP contribution is -2.36.